The molecule has 5 nitrogen and oxygen atoms in total. The second-order valence-electron chi connectivity index (χ2n) is 16.0. The maximum absolute atomic E-state index is 6.91. The highest BCUT2D eigenvalue weighted by Gasteiger charge is 2.25. The van der Waals surface area contributed by atoms with E-state index in [1.54, 1.807) is 0 Å². The minimum Gasteiger partial charge on any atom is -0.455 e. The molecule has 0 saturated heterocycles. The van der Waals surface area contributed by atoms with E-state index in [9.17, 15) is 0 Å². The Labute approximate surface area is 355 Å². The molecule has 0 saturated carbocycles. The van der Waals surface area contributed by atoms with Gasteiger partial charge in [0.05, 0.1) is 22.1 Å². The molecule has 0 aliphatic carbocycles. The third kappa shape index (κ3) is 5.38. The lowest BCUT2D eigenvalue weighted by atomic mass is 10.0. The van der Waals surface area contributed by atoms with Gasteiger partial charge in [-0.15, -0.1) is 0 Å². The molecule has 0 atom stereocenters. The molecule has 0 spiro atoms. The molecule has 0 N–H and O–H groups in total. The molecule has 0 unspecified atom stereocenters. The first kappa shape index (κ1) is 34.5. The minimum atomic E-state index is 0.571. The summed E-state index contributed by atoms with van der Waals surface area (Å²) in [5.41, 5.74) is 9.69. The molecule has 0 fully saturated rings. The van der Waals surface area contributed by atoms with Gasteiger partial charge in [-0.05, 0) is 86.6 Å². The van der Waals surface area contributed by atoms with Crippen LogP contribution < -0.4 is 0 Å². The van der Waals surface area contributed by atoms with E-state index in [4.69, 9.17) is 19.4 Å². The summed E-state index contributed by atoms with van der Waals surface area (Å²) >= 11 is 0. The van der Waals surface area contributed by atoms with E-state index in [-0.39, 0.29) is 0 Å². The van der Waals surface area contributed by atoms with Crippen molar-refractivity contribution in [1.29, 1.82) is 0 Å². The average Bonchev–Trinajstić information content (AvgIpc) is 3.89. The van der Waals surface area contributed by atoms with Crippen LogP contribution in [0.3, 0.4) is 0 Å². The van der Waals surface area contributed by atoms with E-state index in [2.05, 4.69) is 205 Å². The van der Waals surface area contributed by atoms with Crippen LogP contribution in [0.4, 0.5) is 0 Å². The summed E-state index contributed by atoms with van der Waals surface area (Å²) < 4.78 is 9.32. The van der Waals surface area contributed by atoms with Gasteiger partial charge in [0.25, 0.3) is 0 Å². The number of benzene rings is 10. The Kier molecular flexibility index (Phi) is 7.54. The fraction of sp³-hybridized carbons (Fsp3) is 0. The number of rotatable bonds is 5. The van der Waals surface area contributed by atoms with Gasteiger partial charge in [-0.2, -0.15) is 0 Å². The van der Waals surface area contributed by atoms with Crippen molar-refractivity contribution in [1.82, 2.24) is 19.5 Å². The molecular weight excluding hydrogens is 757 g/mol. The summed E-state index contributed by atoms with van der Waals surface area (Å²) in [7, 11) is 0. The molecule has 10 aromatic carbocycles. The molecular formula is C57H34N4O. The highest BCUT2D eigenvalue weighted by atomic mass is 16.3. The maximum Gasteiger partial charge on any atom is 0.166 e. The Bertz CT molecular complexity index is 3940. The van der Waals surface area contributed by atoms with Crippen molar-refractivity contribution in [2.45, 2.75) is 0 Å². The van der Waals surface area contributed by atoms with E-state index in [1.165, 1.54) is 21.5 Å². The van der Waals surface area contributed by atoms with Crippen LogP contribution in [0.25, 0.3) is 127 Å². The van der Waals surface area contributed by atoms with Crippen molar-refractivity contribution in [2.24, 2.45) is 0 Å². The van der Waals surface area contributed by atoms with Gasteiger partial charge in [-0.1, -0.05) is 158 Å². The number of para-hydroxylation sites is 1. The van der Waals surface area contributed by atoms with Crippen LogP contribution in [0.1, 0.15) is 0 Å². The van der Waals surface area contributed by atoms with Gasteiger partial charge < -0.3 is 8.98 Å². The summed E-state index contributed by atoms with van der Waals surface area (Å²) in [4.78, 5) is 16.1. The van der Waals surface area contributed by atoms with Crippen molar-refractivity contribution in [3.63, 3.8) is 0 Å². The quantitative estimate of drug-likeness (QED) is 0.174. The number of aromatic nitrogens is 4. The summed E-state index contributed by atoms with van der Waals surface area (Å²) in [6, 6.07) is 72.7. The fourth-order valence-corrected chi connectivity index (χ4v) is 9.44. The Hall–Kier alpha value is -8.41. The van der Waals surface area contributed by atoms with Gasteiger partial charge in [-0.25, -0.2) is 15.0 Å². The number of hydrogen-bond acceptors (Lipinski definition) is 4. The van der Waals surface area contributed by atoms with Crippen LogP contribution in [0.5, 0.6) is 0 Å². The third-order valence-electron chi connectivity index (χ3n) is 12.4. The second kappa shape index (κ2) is 13.6. The predicted octanol–water partition coefficient (Wildman–Crippen LogP) is 15.0. The lowest BCUT2D eigenvalue weighted by Crippen LogP contribution is -2.04. The topological polar surface area (TPSA) is 56.7 Å². The summed E-state index contributed by atoms with van der Waals surface area (Å²) in [6.45, 7) is 0. The SMILES string of the molecule is c1ccc(-c2cccc(-c3nc(-c4ccc5ccccc5c4)nc(-c4ccc5oc6c7ccccc7ccc6c5c4-n4c5ccccc5c5cc6ccccc6cc54)n3)c2)cc1. The van der Waals surface area contributed by atoms with Crippen LogP contribution in [0, 0.1) is 0 Å². The van der Waals surface area contributed by atoms with E-state index in [0.717, 1.165) is 88.0 Å². The lowest BCUT2D eigenvalue weighted by Gasteiger charge is -2.16. The van der Waals surface area contributed by atoms with Crippen molar-refractivity contribution in [3.8, 4) is 51.0 Å². The molecule has 5 heteroatoms. The monoisotopic (exact) mass is 790 g/mol. The molecule has 62 heavy (non-hydrogen) atoms. The highest BCUT2D eigenvalue weighted by Crippen LogP contribution is 2.45. The maximum atomic E-state index is 6.91. The number of fused-ring (bicyclic) bond motifs is 10. The number of furan rings is 1. The van der Waals surface area contributed by atoms with Crippen LogP contribution in [-0.4, -0.2) is 19.5 Å². The summed E-state index contributed by atoms with van der Waals surface area (Å²) in [5, 5.41) is 11.2. The molecule has 13 aromatic rings. The first-order chi connectivity index (χ1) is 30.7. The third-order valence-corrected chi connectivity index (χ3v) is 12.4. The van der Waals surface area contributed by atoms with Crippen LogP contribution >= 0.6 is 0 Å². The van der Waals surface area contributed by atoms with E-state index in [0.29, 0.717) is 17.5 Å². The Morgan fingerprint density at radius 1 is 0.339 bits per heavy atom. The van der Waals surface area contributed by atoms with Crippen molar-refractivity contribution >= 4 is 76.1 Å². The fourth-order valence-electron chi connectivity index (χ4n) is 9.44. The Morgan fingerprint density at radius 2 is 0.952 bits per heavy atom. The number of nitrogens with zero attached hydrogens (tertiary/aromatic N) is 4. The van der Waals surface area contributed by atoms with Crippen LogP contribution in [-0.2, 0) is 0 Å². The predicted molar refractivity (Wildman–Crippen MR) is 256 cm³/mol. The zero-order valence-corrected chi connectivity index (χ0v) is 33.3. The first-order valence-electron chi connectivity index (χ1n) is 20.9. The van der Waals surface area contributed by atoms with Crippen LogP contribution in [0.15, 0.2) is 211 Å². The lowest BCUT2D eigenvalue weighted by molar-refractivity contribution is 0.672. The van der Waals surface area contributed by atoms with E-state index in [1.807, 2.05) is 6.07 Å². The first-order valence-corrected chi connectivity index (χ1v) is 20.9. The molecule has 0 radical (unpaired) electrons. The molecule has 3 aromatic heterocycles. The Morgan fingerprint density at radius 3 is 1.77 bits per heavy atom. The smallest absolute Gasteiger partial charge is 0.166 e. The standard InChI is InChI=1S/C57H34N4O/c1-2-13-35(14-3-1)39-20-12-21-42(31-39)55-58-56(43-26-25-36-15-4-5-17-38(36)32-43)60-57(59-55)47-29-30-51-52(46-28-27-37-16-8-9-22-44(37)54(46)62-51)53(47)61-49-24-11-10-23-45(49)48-33-40-18-6-7-19-41(40)34-50(48)61/h1-34H. The number of hydrogen-bond donors (Lipinski definition) is 0. The van der Waals surface area contributed by atoms with Crippen LogP contribution in [0.2, 0.25) is 0 Å². The van der Waals surface area contributed by atoms with E-state index < -0.39 is 0 Å². The molecule has 0 aliphatic heterocycles. The van der Waals surface area contributed by atoms with Gasteiger partial charge in [0.1, 0.15) is 11.2 Å². The van der Waals surface area contributed by atoms with Gasteiger partial charge in [0.15, 0.2) is 17.5 Å². The normalized spacial score (nSPS) is 11.9. The molecule has 288 valence electrons. The largest absolute Gasteiger partial charge is 0.455 e. The molecule has 0 bridgehead atoms. The zero-order chi connectivity index (χ0) is 40.7. The highest BCUT2D eigenvalue weighted by molar-refractivity contribution is 6.21. The zero-order valence-electron chi connectivity index (χ0n) is 33.3. The minimum absolute atomic E-state index is 0.571. The summed E-state index contributed by atoms with van der Waals surface area (Å²) in [6.07, 6.45) is 0. The van der Waals surface area contributed by atoms with Gasteiger partial charge in [0.2, 0.25) is 0 Å². The van der Waals surface area contributed by atoms with Gasteiger partial charge >= 0.3 is 0 Å². The van der Waals surface area contributed by atoms with Gasteiger partial charge in [0, 0.05) is 38.2 Å². The van der Waals surface area contributed by atoms with Gasteiger partial charge in [-0.3, -0.25) is 0 Å². The molecule has 3 heterocycles. The summed E-state index contributed by atoms with van der Waals surface area (Å²) in [5.74, 6) is 1.77. The van der Waals surface area contributed by atoms with Crippen molar-refractivity contribution in [2.75, 3.05) is 0 Å². The Balaban J connectivity index is 1.16. The molecule has 0 amide bonds. The van der Waals surface area contributed by atoms with Crippen molar-refractivity contribution in [3.05, 3.63) is 206 Å². The van der Waals surface area contributed by atoms with Crippen molar-refractivity contribution < 1.29 is 4.42 Å². The average molecular weight is 791 g/mol. The second-order valence-corrected chi connectivity index (χ2v) is 16.0. The molecule has 0 aliphatic rings. The van der Waals surface area contributed by atoms with E-state index >= 15 is 0 Å². The molecule has 13 rings (SSSR count).